The molecule has 0 fully saturated rings. The van der Waals surface area contributed by atoms with Gasteiger partial charge in [0.1, 0.15) is 5.75 Å². The Morgan fingerprint density at radius 2 is 2.15 bits per heavy atom. The molecule has 3 nitrogen and oxygen atoms in total. The minimum absolute atomic E-state index is 0.393. The number of para-hydroxylation sites is 1. The lowest BCUT2D eigenvalue weighted by atomic mass is 9.71. The summed E-state index contributed by atoms with van der Waals surface area (Å²) >= 11 is 5.00. The third kappa shape index (κ3) is 2.19. The molecule has 2 atom stereocenters. The van der Waals surface area contributed by atoms with Crippen LogP contribution in [0.3, 0.4) is 0 Å². The van der Waals surface area contributed by atoms with Gasteiger partial charge >= 0.3 is 0 Å². The van der Waals surface area contributed by atoms with E-state index < -0.39 is 11.5 Å². The maximum Gasteiger partial charge on any atom is 0.123 e. The maximum absolute atomic E-state index is 10.9. The van der Waals surface area contributed by atoms with Crippen LogP contribution in [0.1, 0.15) is 23.0 Å². The van der Waals surface area contributed by atoms with E-state index in [1.54, 1.807) is 11.3 Å². The molecule has 1 aliphatic heterocycles. The predicted octanol–water partition coefficient (Wildman–Crippen LogP) is 3.22. The Balaban J connectivity index is 2.08. The van der Waals surface area contributed by atoms with Crippen LogP contribution in [0, 0.1) is 0 Å². The highest BCUT2D eigenvalue weighted by Gasteiger charge is 2.44. The summed E-state index contributed by atoms with van der Waals surface area (Å²) in [5, 5.41) is 10.9. The van der Waals surface area contributed by atoms with Gasteiger partial charge in [0, 0.05) is 22.4 Å². The molecule has 3 N–H and O–H groups in total. The Labute approximate surface area is 130 Å². The largest absolute Gasteiger partial charge is 0.493 e. The van der Waals surface area contributed by atoms with E-state index in [0.29, 0.717) is 13.2 Å². The van der Waals surface area contributed by atoms with Crippen molar-refractivity contribution in [1.29, 1.82) is 0 Å². The summed E-state index contributed by atoms with van der Waals surface area (Å²) in [6.45, 7) is 0.974. The summed E-state index contributed by atoms with van der Waals surface area (Å²) in [4.78, 5) is 0.930. The molecule has 3 rings (SSSR count). The van der Waals surface area contributed by atoms with Crippen molar-refractivity contribution in [3.63, 3.8) is 0 Å². The van der Waals surface area contributed by atoms with Crippen molar-refractivity contribution in [2.45, 2.75) is 17.9 Å². The molecule has 0 radical (unpaired) electrons. The molecule has 2 heterocycles. The first-order chi connectivity index (χ1) is 9.67. The van der Waals surface area contributed by atoms with E-state index in [1.807, 2.05) is 36.4 Å². The van der Waals surface area contributed by atoms with Crippen molar-refractivity contribution >= 4 is 27.3 Å². The van der Waals surface area contributed by atoms with Crippen LogP contribution in [0.2, 0.25) is 0 Å². The van der Waals surface area contributed by atoms with Gasteiger partial charge in [-0.25, -0.2) is 0 Å². The average Bonchev–Trinajstić information content (AvgIpc) is 2.92. The van der Waals surface area contributed by atoms with E-state index >= 15 is 0 Å². The van der Waals surface area contributed by atoms with E-state index in [-0.39, 0.29) is 0 Å². The van der Waals surface area contributed by atoms with E-state index in [1.165, 1.54) is 0 Å². The van der Waals surface area contributed by atoms with Crippen LogP contribution in [0.15, 0.2) is 40.2 Å². The van der Waals surface area contributed by atoms with Crippen molar-refractivity contribution in [1.82, 2.24) is 0 Å². The van der Waals surface area contributed by atoms with Crippen LogP contribution in [-0.2, 0) is 5.41 Å². The fourth-order valence-electron chi connectivity index (χ4n) is 2.84. The second-order valence-electron chi connectivity index (χ2n) is 5.00. The van der Waals surface area contributed by atoms with Crippen molar-refractivity contribution < 1.29 is 9.84 Å². The Morgan fingerprint density at radius 3 is 2.85 bits per heavy atom. The SMILES string of the molecule is NCC1(C(O)c2ccc(Br)s2)CCOc2ccccc21. The van der Waals surface area contributed by atoms with Gasteiger partial charge in [0.25, 0.3) is 0 Å². The molecular weight excluding hydrogens is 338 g/mol. The van der Waals surface area contributed by atoms with Gasteiger partial charge in [0.05, 0.1) is 16.5 Å². The number of ether oxygens (including phenoxy) is 1. The summed E-state index contributed by atoms with van der Waals surface area (Å²) in [5.41, 5.74) is 6.61. The maximum atomic E-state index is 10.9. The summed E-state index contributed by atoms with van der Waals surface area (Å²) in [7, 11) is 0. The van der Waals surface area contributed by atoms with Crippen LogP contribution in [0.4, 0.5) is 0 Å². The van der Waals surface area contributed by atoms with Gasteiger partial charge in [-0.05, 0) is 40.5 Å². The highest BCUT2D eigenvalue weighted by molar-refractivity contribution is 9.11. The Bertz CT molecular complexity index is 615. The number of hydrogen-bond donors (Lipinski definition) is 2. The van der Waals surface area contributed by atoms with Gasteiger partial charge in [-0.1, -0.05) is 18.2 Å². The number of hydrogen-bond acceptors (Lipinski definition) is 4. The first kappa shape index (κ1) is 14.1. The molecule has 2 aromatic rings. The van der Waals surface area contributed by atoms with E-state index in [2.05, 4.69) is 15.9 Å². The molecule has 0 spiro atoms. The minimum Gasteiger partial charge on any atom is -0.493 e. The third-order valence-corrected chi connectivity index (χ3v) is 5.66. The molecule has 1 aromatic heterocycles. The number of nitrogens with two attached hydrogens (primary N) is 1. The van der Waals surface area contributed by atoms with Crippen molar-refractivity contribution in [3.05, 3.63) is 50.6 Å². The lowest BCUT2D eigenvalue weighted by molar-refractivity contribution is 0.0561. The molecule has 0 amide bonds. The van der Waals surface area contributed by atoms with Gasteiger partial charge in [-0.15, -0.1) is 11.3 Å². The molecule has 1 aliphatic rings. The van der Waals surface area contributed by atoms with Crippen molar-refractivity contribution in [2.24, 2.45) is 5.73 Å². The summed E-state index contributed by atoms with van der Waals surface area (Å²) < 4.78 is 6.71. The van der Waals surface area contributed by atoms with Crippen LogP contribution in [-0.4, -0.2) is 18.3 Å². The predicted molar refractivity (Wildman–Crippen MR) is 84.3 cm³/mol. The van der Waals surface area contributed by atoms with Gasteiger partial charge in [0.2, 0.25) is 0 Å². The summed E-state index contributed by atoms with van der Waals surface area (Å²) in [6.07, 6.45) is 0.103. The molecule has 0 aliphatic carbocycles. The molecule has 5 heteroatoms. The smallest absolute Gasteiger partial charge is 0.123 e. The number of halogens is 1. The van der Waals surface area contributed by atoms with Crippen LogP contribution in [0.25, 0.3) is 0 Å². The molecule has 106 valence electrons. The number of benzene rings is 1. The lowest BCUT2D eigenvalue weighted by Gasteiger charge is -2.41. The topological polar surface area (TPSA) is 55.5 Å². The van der Waals surface area contributed by atoms with E-state index in [4.69, 9.17) is 10.5 Å². The third-order valence-electron chi connectivity index (χ3n) is 3.98. The number of fused-ring (bicyclic) bond motifs is 1. The van der Waals surface area contributed by atoms with Crippen molar-refractivity contribution in [2.75, 3.05) is 13.2 Å². The number of rotatable bonds is 3. The first-order valence-corrected chi connectivity index (χ1v) is 8.14. The molecule has 1 aromatic carbocycles. The molecule has 20 heavy (non-hydrogen) atoms. The standard InChI is InChI=1S/C15H16BrNO2S/c16-13-6-5-12(20-13)14(18)15(9-17)7-8-19-11-4-2-1-3-10(11)15/h1-6,14,18H,7-9,17H2. The minimum atomic E-state index is -0.617. The first-order valence-electron chi connectivity index (χ1n) is 6.53. The Kier molecular flexibility index (Phi) is 3.86. The van der Waals surface area contributed by atoms with Crippen molar-refractivity contribution in [3.8, 4) is 5.75 Å². The molecule has 0 bridgehead atoms. The molecule has 2 unspecified atom stereocenters. The highest BCUT2D eigenvalue weighted by Crippen LogP contribution is 2.47. The Morgan fingerprint density at radius 1 is 1.35 bits per heavy atom. The zero-order valence-corrected chi connectivity index (χ0v) is 13.3. The number of thiophene rings is 1. The van der Waals surface area contributed by atoms with Gasteiger partial charge in [-0.3, -0.25) is 0 Å². The van der Waals surface area contributed by atoms with Gasteiger partial charge < -0.3 is 15.6 Å². The van der Waals surface area contributed by atoms with E-state index in [9.17, 15) is 5.11 Å². The fourth-order valence-corrected chi connectivity index (χ4v) is 4.36. The summed E-state index contributed by atoms with van der Waals surface area (Å²) in [5.74, 6) is 0.832. The normalized spacial score (nSPS) is 22.9. The second-order valence-corrected chi connectivity index (χ2v) is 7.49. The number of aliphatic hydroxyl groups is 1. The van der Waals surface area contributed by atoms with Crippen LogP contribution in [0.5, 0.6) is 5.75 Å². The second kappa shape index (κ2) is 5.48. The average molecular weight is 354 g/mol. The van der Waals surface area contributed by atoms with Gasteiger partial charge in [-0.2, -0.15) is 0 Å². The number of aliphatic hydroxyl groups excluding tert-OH is 1. The summed E-state index contributed by atoms with van der Waals surface area (Å²) in [6, 6.07) is 11.8. The monoisotopic (exact) mass is 353 g/mol. The zero-order valence-electron chi connectivity index (χ0n) is 10.9. The molecular formula is C15H16BrNO2S. The van der Waals surface area contributed by atoms with Gasteiger partial charge in [0.15, 0.2) is 0 Å². The Hall–Kier alpha value is -0.880. The van der Waals surface area contributed by atoms with Crippen LogP contribution < -0.4 is 10.5 Å². The fraction of sp³-hybridized carbons (Fsp3) is 0.333. The van der Waals surface area contributed by atoms with Crippen LogP contribution >= 0.6 is 27.3 Å². The molecule has 0 saturated heterocycles. The highest BCUT2D eigenvalue weighted by atomic mass is 79.9. The van der Waals surface area contributed by atoms with E-state index in [0.717, 1.165) is 26.4 Å². The molecule has 0 saturated carbocycles. The lowest BCUT2D eigenvalue weighted by Crippen LogP contribution is -2.44. The zero-order chi connectivity index (χ0) is 14.2. The quantitative estimate of drug-likeness (QED) is 0.890.